The number of unbranched alkanes of at least 4 members (excludes halogenated alkanes) is 1. The first-order chi connectivity index (χ1) is 9.58. The molecule has 0 saturated carbocycles. The van der Waals surface area contributed by atoms with Crippen LogP contribution in [0.25, 0.3) is 11.0 Å². The largest absolute Gasteiger partial charge is 0.478 e. The van der Waals surface area contributed by atoms with E-state index in [4.69, 9.17) is 9.84 Å². The van der Waals surface area contributed by atoms with E-state index >= 15 is 0 Å². The molecule has 0 bridgehead atoms. The third-order valence-electron chi connectivity index (χ3n) is 2.98. The number of carboxylic acid groups (broad SMARTS) is 1. The molecule has 0 aliphatic rings. The monoisotopic (exact) mass is 277 g/mol. The smallest absolute Gasteiger partial charge is 0.335 e. The van der Waals surface area contributed by atoms with E-state index in [1.165, 1.54) is 0 Å². The molecule has 1 aromatic carbocycles. The van der Waals surface area contributed by atoms with Gasteiger partial charge in [0.1, 0.15) is 5.52 Å². The predicted octanol–water partition coefficient (Wildman–Crippen LogP) is 2.33. The number of hydrogen-bond acceptors (Lipinski definition) is 4. The van der Waals surface area contributed by atoms with Crippen LogP contribution in [0.4, 0.5) is 0 Å². The van der Waals surface area contributed by atoms with E-state index in [0.29, 0.717) is 5.52 Å². The van der Waals surface area contributed by atoms with Crippen LogP contribution in [0.1, 0.15) is 37.0 Å². The molecule has 1 heterocycles. The van der Waals surface area contributed by atoms with Crippen molar-refractivity contribution in [3.63, 3.8) is 0 Å². The Morgan fingerprint density at radius 1 is 1.40 bits per heavy atom. The lowest BCUT2D eigenvalue weighted by Crippen LogP contribution is -2.06. The van der Waals surface area contributed by atoms with Crippen LogP contribution in [0.5, 0.6) is 0 Å². The highest BCUT2D eigenvalue weighted by Crippen LogP contribution is 2.14. The van der Waals surface area contributed by atoms with Gasteiger partial charge in [-0.05, 0) is 44.9 Å². The maximum absolute atomic E-state index is 10.9. The fourth-order valence-corrected chi connectivity index (χ4v) is 1.95. The van der Waals surface area contributed by atoms with E-state index in [-0.39, 0.29) is 11.7 Å². The molecule has 0 fully saturated rings. The maximum atomic E-state index is 10.9. The molecule has 0 spiro atoms. The van der Waals surface area contributed by atoms with Gasteiger partial charge in [-0.2, -0.15) is 0 Å². The number of nitrogens with zero attached hydrogens (tertiary/aromatic N) is 3. The van der Waals surface area contributed by atoms with Crippen LogP contribution in [-0.4, -0.2) is 38.8 Å². The van der Waals surface area contributed by atoms with Crippen molar-refractivity contribution in [2.45, 2.75) is 39.3 Å². The number of aryl methyl sites for hydroxylation is 1. The van der Waals surface area contributed by atoms with Gasteiger partial charge in [0.2, 0.25) is 0 Å². The van der Waals surface area contributed by atoms with Gasteiger partial charge in [-0.25, -0.2) is 9.48 Å². The van der Waals surface area contributed by atoms with Crippen LogP contribution in [0.2, 0.25) is 0 Å². The molecule has 0 atom stereocenters. The summed E-state index contributed by atoms with van der Waals surface area (Å²) in [5, 5.41) is 17.0. The molecule has 2 aromatic rings. The van der Waals surface area contributed by atoms with E-state index < -0.39 is 5.97 Å². The van der Waals surface area contributed by atoms with Gasteiger partial charge in [-0.3, -0.25) is 0 Å². The molecule has 6 nitrogen and oxygen atoms in total. The second-order valence-corrected chi connectivity index (χ2v) is 4.95. The fourth-order valence-electron chi connectivity index (χ4n) is 1.95. The van der Waals surface area contributed by atoms with Crippen molar-refractivity contribution in [1.29, 1.82) is 0 Å². The van der Waals surface area contributed by atoms with Crippen LogP contribution in [0.3, 0.4) is 0 Å². The molecule has 108 valence electrons. The molecule has 6 heteroatoms. The Bertz CT molecular complexity index is 592. The summed E-state index contributed by atoms with van der Waals surface area (Å²) in [6, 6.07) is 4.87. The summed E-state index contributed by atoms with van der Waals surface area (Å²) in [7, 11) is 0. The second kappa shape index (κ2) is 6.47. The lowest BCUT2D eigenvalue weighted by molar-refractivity contribution is 0.0696. The lowest BCUT2D eigenvalue weighted by atomic mass is 10.2. The summed E-state index contributed by atoms with van der Waals surface area (Å²) >= 11 is 0. The molecule has 0 radical (unpaired) electrons. The number of aromatic carboxylic acids is 1. The lowest BCUT2D eigenvalue weighted by Gasteiger charge is -2.07. The highest BCUT2D eigenvalue weighted by Gasteiger charge is 2.08. The van der Waals surface area contributed by atoms with Gasteiger partial charge in [0.15, 0.2) is 0 Å². The Labute approximate surface area is 117 Å². The van der Waals surface area contributed by atoms with Crippen LogP contribution in [0, 0.1) is 0 Å². The summed E-state index contributed by atoms with van der Waals surface area (Å²) in [6.07, 6.45) is 2.18. The number of carbonyl (C=O) groups is 1. The number of aromatic nitrogens is 3. The Hall–Kier alpha value is -1.95. The number of rotatable bonds is 7. The Balaban J connectivity index is 1.96. The van der Waals surface area contributed by atoms with E-state index in [1.54, 1.807) is 22.9 Å². The first-order valence-corrected chi connectivity index (χ1v) is 6.76. The Morgan fingerprint density at radius 2 is 2.20 bits per heavy atom. The van der Waals surface area contributed by atoms with E-state index in [9.17, 15) is 4.79 Å². The van der Waals surface area contributed by atoms with Crippen molar-refractivity contribution in [2.75, 3.05) is 6.61 Å². The van der Waals surface area contributed by atoms with Crippen LogP contribution < -0.4 is 0 Å². The SMILES string of the molecule is CC(C)OCCCCn1nnc2cc(C(=O)O)ccc21. The molecule has 20 heavy (non-hydrogen) atoms. The quantitative estimate of drug-likeness (QED) is 0.786. The predicted molar refractivity (Wildman–Crippen MR) is 74.8 cm³/mol. The highest BCUT2D eigenvalue weighted by atomic mass is 16.5. The molecule has 2 rings (SSSR count). The molecule has 0 amide bonds. The highest BCUT2D eigenvalue weighted by molar-refractivity contribution is 5.92. The minimum Gasteiger partial charge on any atom is -0.478 e. The van der Waals surface area contributed by atoms with Gasteiger partial charge >= 0.3 is 5.97 Å². The van der Waals surface area contributed by atoms with Crippen LogP contribution in [0.15, 0.2) is 18.2 Å². The van der Waals surface area contributed by atoms with Gasteiger partial charge in [0.05, 0.1) is 17.2 Å². The zero-order chi connectivity index (χ0) is 14.5. The number of fused-ring (bicyclic) bond motifs is 1. The summed E-state index contributed by atoms with van der Waals surface area (Å²) in [5.74, 6) is -0.952. The average molecular weight is 277 g/mol. The van der Waals surface area contributed by atoms with Crippen LogP contribution in [-0.2, 0) is 11.3 Å². The molecular formula is C14H19N3O3. The van der Waals surface area contributed by atoms with Crippen molar-refractivity contribution in [1.82, 2.24) is 15.0 Å². The summed E-state index contributed by atoms with van der Waals surface area (Å²) in [6.45, 7) is 5.54. The molecular weight excluding hydrogens is 258 g/mol. The molecule has 0 saturated heterocycles. The van der Waals surface area contributed by atoms with Gasteiger partial charge < -0.3 is 9.84 Å². The summed E-state index contributed by atoms with van der Waals surface area (Å²) in [5.41, 5.74) is 1.71. The standard InChI is InChI=1S/C14H19N3O3/c1-10(2)20-8-4-3-7-17-13-6-5-11(14(18)19)9-12(13)15-16-17/h5-6,9-10H,3-4,7-8H2,1-2H3,(H,18,19). The third kappa shape index (κ3) is 3.54. The van der Waals surface area contributed by atoms with Crippen molar-refractivity contribution in [3.8, 4) is 0 Å². The number of hydrogen-bond donors (Lipinski definition) is 1. The van der Waals surface area contributed by atoms with Crippen molar-refractivity contribution < 1.29 is 14.6 Å². The van der Waals surface area contributed by atoms with Crippen molar-refractivity contribution in [2.24, 2.45) is 0 Å². The number of carboxylic acids is 1. The Morgan fingerprint density at radius 3 is 2.90 bits per heavy atom. The summed E-state index contributed by atoms with van der Waals surface area (Å²) < 4.78 is 7.28. The molecule has 1 aromatic heterocycles. The normalized spacial score (nSPS) is 11.3. The third-order valence-corrected chi connectivity index (χ3v) is 2.98. The van der Waals surface area contributed by atoms with Gasteiger partial charge in [-0.15, -0.1) is 5.10 Å². The molecule has 0 aliphatic heterocycles. The fraction of sp³-hybridized carbons (Fsp3) is 0.500. The minimum absolute atomic E-state index is 0.231. The second-order valence-electron chi connectivity index (χ2n) is 4.95. The van der Waals surface area contributed by atoms with E-state index in [0.717, 1.165) is 31.5 Å². The summed E-state index contributed by atoms with van der Waals surface area (Å²) in [4.78, 5) is 10.9. The van der Waals surface area contributed by atoms with E-state index in [1.807, 2.05) is 13.8 Å². The minimum atomic E-state index is -0.952. The van der Waals surface area contributed by atoms with Crippen molar-refractivity contribution in [3.05, 3.63) is 23.8 Å². The number of ether oxygens (including phenoxy) is 1. The molecule has 0 unspecified atom stereocenters. The van der Waals surface area contributed by atoms with Gasteiger partial charge in [0, 0.05) is 13.2 Å². The topological polar surface area (TPSA) is 77.2 Å². The Kier molecular flexibility index (Phi) is 4.68. The van der Waals surface area contributed by atoms with Crippen molar-refractivity contribution >= 4 is 17.0 Å². The van der Waals surface area contributed by atoms with Crippen LogP contribution >= 0.6 is 0 Å². The zero-order valence-corrected chi connectivity index (χ0v) is 11.7. The maximum Gasteiger partial charge on any atom is 0.335 e. The molecule has 1 N–H and O–H groups in total. The zero-order valence-electron chi connectivity index (χ0n) is 11.7. The first-order valence-electron chi connectivity index (χ1n) is 6.76. The number of benzene rings is 1. The average Bonchev–Trinajstić information content (AvgIpc) is 2.80. The first kappa shape index (κ1) is 14.5. The molecule has 0 aliphatic carbocycles. The van der Waals surface area contributed by atoms with E-state index in [2.05, 4.69) is 10.3 Å². The van der Waals surface area contributed by atoms with Gasteiger partial charge in [0.25, 0.3) is 0 Å². The van der Waals surface area contributed by atoms with Gasteiger partial charge in [-0.1, -0.05) is 5.21 Å².